The van der Waals surface area contributed by atoms with Crippen molar-refractivity contribution in [2.45, 2.75) is 19.6 Å². The Morgan fingerprint density at radius 1 is 1.06 bits per heavy atom. The molecule has 9 heteroatoms. The van der Waals surface area contributed by atoms with Crippen LogP contribution in [0, 0.1) is 0 Å². The van der Waals surface area contributed by atoms with Crippen LogP contribution in [0.5, 0.6) is 0 Å². The predicted molar refractivity (Wildman–Crippen MR) is 130 cm³/mol. The predicted octanol–water partition coefficient (Wildman–Crippen LogP) is 6.00. The number of hydrogen-bond acceptors (Lipinski definition) is 5. The third-order valence-electron chi connectivity index (χ3n) is 4.71. The smallest absolute Gasteiger partial charge is 0.253 e. The van der Waals surface area contributed by atoms with Crippen molar-refractivity contribution in [2.24, 2.45) is 0 Å². The molecule has 0 bridgehead atoms. The number of hydrogen-bond donors (Lipinski definition) is 1. The molecule has 0 unspecified atom stereocenters. The van der Waals surface area contributed by atoms with Crippen molar-refractivity contribution in [1.29, 1.82) is 0 Å². The fourth-order valence-corrected chi connectivity index (χ4v) is 4.24. The molecule has 0 radical (unpaired) electrons. The van der Waals surface area contributed by atoms with Gasteiger partial charge in [-0.2, -0.15) is 0 Å². The Balaban J connectivity index is 1.48. The zero-order valence-corrected chi connectivity index (χ0v) is 20.1. The van der Waals surface area contributed by atoms with Crippen molar-refractivity contribution < 1.29 is 14.1 Å². The third kappa shape index (κ3) is 6.28. The molecule has 1 aromatic heterocycles. The lowest BCUT2D eigenvalue weighted by molar-refractivity contribution is -0.113. The third-order valence-corrected chi connectivity index (χ3v) is 6.21. The summed E-state index contributed by atoms with van der Waals surface area (Å²) in [5, 5.41) is 7.92. The monoisotopic (exact) mass is 491 g/mol. The van der Waals surface area contributed by atoms with Gasteiger partial charge >= 0.3 is 0 Å². The van der Waals surface area contributed by atoms with Crippen LogP contribution in [0.15, 0.2) is 53.1 Å². The molecule has 0 saturated carbocycles. The lowest BCUT2D eigenvalue weighted by atomic mass is 10.1. The average Bonchev–Trinajstić information content (AvgIpc) is 3.23. The summed E-state index contributed by atoms with van der Waals surface area (Å²) in [6.07, 6.45) is 0. The minimum absolute atomic E-state index is 0.0188. The Morgan fingerprint density at radius 2 is 1.78 bits per heavy atom. The van der Waals surface area contributed by atoms with E-state index in [4.69, 9.17) is 27.7 Å². The van der Waals surface area contributed by atoms with Crippen molar-refractivity contribution >= 4 is 52.5 Å². The summed E-state index contributed by atoms with van der Waals surface area (Å²) in [5.74, 6) is 1.22. The quantitative estimate of drug-likeness (QED) is 0.397. The number of halogens is 2. The lowest BCUT2D eigenvalue weighted by Crippen LogP contribution is -2.30. The van der Waals surface area contributed by atoms with E-state index in [0.29, 0.717) is 51.6 Å². The van der Waals surface area contributed by atoms with E-state index >= 15 is 0 Å². The largest absolute Gasteiger partial charge is 0.360 e. The molecule has 168 valence electrons. The first kappa shape index (κ1) is 24.2. The van der Waals surface area contributed by atoms with Crippen LogP contribution in [-0.2, 0) is 10.5 Å². The van der Waals surface area contributed by atoms with E-state index in [9.17, 15) is 9.59 Å². The van der Waals surface area contributed by atoms with Crippen LogP contribution < -0.4 is 5.32 Å². The fraction of sp³-hybridized carbons (Fsp3) is 0.261. The Morgan fingerprint density at radius 3 is 2.44 bits per heavy atom. The van der Waals surface area contributed by atoms with Crippen LogP contribution in [0.4, 0.5) is 5.69 Å². The summed E-state index contributed by atoms with van der Waals surface area (Å²) in [5.41, 5.74) is 2.59. The molecule has 3 aromatic rings. The Labute approximate surface area is 201 Å². The molecule has 2 aromatic carbocycles. The number of benzene rings is 2. The molecule has 0 aliphatic heterocycles. The van der Waals surface area contributed by atoms with Gasteiger partial charge in [-0.05, 0) is 56.3 Å². The first-order valence-corrected chi connectivity index (χ1v) is 12.0. The van der Waals surface area contributed by atoms with Crippen LogP contribution in [0.25, 0.3) is 11.3 Å². The van der Waals surface area contributed by atoms with Gasteiger partial charge in [-0.3, -0.25) is 9.59 Å². The maximum atomic E-state index is 12.4. The molecule has 1 N–H and O–H groups in total. The van der Waals surface area contributed by atoms with E-state index in [2.05, 4.69) is 10.5 Å². The minimum atomic E-state index is -0.140. The van der Waals surface area contributed by atoms with Gasteiger partial charge in [0.2, 0.25) is 5.91 Å². The van der Waals surface area contributed by atoms with E-state index in [1.807, 2.05) is 13.8 Å². The van der Waals surface area contributed by atoms with Crippen LogP contribution in [0.1, 0.15) is 30.0 Å². The number of nitrogens with zero attached hydrogens (tertiary/aromatic N) is 2. The topological polar surface area (TPSA) is 75.4 Å². The minimum Gasteiger partial charge on any atom is -0.360 e. The number of nitrogens with one attached hydrogen (secondary N) is 1. The Hall–Kier alpha value is -2.48. The fourth-order valence-electron chi connectivity index (χ4n) is 3.04. The molecule has 32 heavy (non-hydrogen) atoms. The molecule has 3 rings (SSSR count). The van der Waals surface area contributed by atoms with Gasteiger partial charge in [0, 0.05) is 41.0 Å². The molecule has 0 aliphatic carbocycles. The van der Waals surface area contributed by atoms with Gasteiger partial charge in [0.25, 0.3) is 5.91 Å². The van der Waals surface area contributed by atoms with Crippen molar-refractivity contribution in [3.8, 4) is 11.3 Å². The summed E-state index contributed by atoms with van der Waals surface area (Å²) in [6, 6.07) is 13.9. The second-order valence-corrected chi connectivity index (χ2v) is 8.73. The van der Waals surface area contributed by atoms with Crippen LogP contribution in [0.3, 0.4) is 0 Å². The number of aromatic nitrogens is 1. The van der Waals surface area contributed by atoms with Gasteiger partial charge in [0.1, 0.15) is 11.5 Å². The first-order chi connectivity index (χ1) is 15.4. The number of carbonyl (C=O) groups excluding carboxylic acids is 2. The molecule has 0 aliphatic rings. The van der Waals surface area contributed by atoms with Gasteiger partial charge in [-0.1, -0.05) is 28.4 Å². The van der Waals surface area contributed by atoms with E-state index in [0.717, 1.165) is 5.56 Å². The Bertz CT molecular complexity index is 1080. The highest BCUT2D eigenvalue weighted by Gasteiger charge is 2.13. The molecular weight excluding hydrogens is 469 g/mol. The van der Waals surface area contributed by atoms with Gasteiger partial charge in [-0.25, -0.2) is 0 Å². The van der Waals surface area contributed by atoms with E-state index < -0.39 is 0 Å². The van der Waals surface area contributed by atoms with Crippen LogP contribution in [0.2, 0.25) is 10.0 Å². The Kier molecular flexibility index (Phi) is 8.61. The molecule has 2 amide bonds. The summed E-state index contributed by atoms with van der Waals surface area (Å²) in [6.45, 7) is 5.20. The lowest BCUT2D eigenvalue weighted by Gasteiger charge is -2.18. The zero-order chi connectivity index (χ0) is 23.1. The number of amides is 2. The van der Waals surface area contributed by atoms with Gasteiger partial charge < -0.3 is 14.7 Å². The number of carbonyl (C=O) groups is 2. The maximum Gasteiger partial charge on any atom is 0.253 e. The van der Waals surface area contributed by atoms with E-state index in [1.165, 1.54) is 11.8 Å². The normalized spacial score (nSPS) is 10.8. The molecule has 0 spiro atoms. The second kappa shape index (κ2) is 11.4. The molecule has 1 heterocycles. The van der Waals surface area contributed by atoms with Crippen molar-refractivity contribution in [3.05, 3.63) is 69.9 Å². The highest BCUT2D eigenvalue weighted by atomic mass is 35.5. The molecule has 6 nitrogen and oxygen atoms in total. The zero-order valence-electron chi connectivity index (χ0n) is 17.7. The van der Waals surface area contributed by atoms with Gasteiger partial charge in [0.15, 0.2) is 0 Å². The summed E-state index contributed by atoms with van der Waals surface area (Å²) < 4.78 is 5.35. The molecule has 0 fully saturated rings. The number of rotatable bonds is 9. The summed E-state index contributed by atoms with van der Waals surface area (Å²) in [4.78, 5) is 26.3. The first-order valence-electron chi connectivity index (χ1n) is 10.1. The number of thioether (sulfide) groups is 1. The van der Waals surface area contributed by atoms with E-state index in [1.54, 1.807) is 53.4 Å². The van der Waals surface area contributed by atoms with Crippen LogP contribution in [-0.4, -0.2) is 40.7 Å². The van der Waals surface area contributed by atoms with Crippen molar-refractivity contribution in [2.75, 3.05) is 24.2 Å². The molecule has 0 atom stereocenters. The van der Waals surface area contributed by atoms with Crippen LogP contribution >= 0.6 is 35.0 Å². The van der Waals surface area contributed by atoms with Crippen molar-refractivity contribution in [3.63, 3.8) is 0 Å². The summed E-state index contributed by atoms with van der Waals surface area (Å²) in [7, 11) is 0. The highest BCUT2D eigenvalue weighted by Crippen LogP contribution is 2.30. The standard InChI is InChI=1S/C23H23Cl2N3O3S/c1-3-28(4-2)23(30)15-5-8-17(9-6-15)26-22(29)14-32-13-18-12-21(27-31-18)19-10-7-16(24)11-20(19)25/h5-12H,3-4,13-14H2,1-2H3,(H,26,29). The second-order valence-electron chi connectivity index (χ2n) is 6.90. The highest BCUT2D eigenvalue weighted by molar-refractivity contribution is 7.99. The average molecular weight is 492 g/mol. The summed E-state index contributed by atoms with van der Waals surface area (Å²) >= 11 is 13.5. The van der Waals surface area contributed by atoms with Gasteiger partial charge in [-0.15, -0.1) is 11.8 Å². The van der Waals surface area contributed by atoms with Crippen molar-refractivity contribution in [1.82, 2.24) is 10.1 Å². The van der Waals surface area contributed by atoms with E-state index in [-0.39, 0.29) is 17.6 Å². The number of anilines is 1. The SMILES string of the molecule is CCN(CC)C(=O)c1ccc(NC(=O)CSCc2cc(-c3ccc(Cl)cc3Cl)no2)cc1. The van der Waals surface area contributed by atoms with Gasteiger partial charge in [0.05, 0.1) is 16.5 Å². The maximum absolute atomic E-state index is 12.4. The molecule has 0 saturated heterocycles. The molecular formula is C23H23Cl2N3O3S.